The Morgan fingerprint density at radius 1 is 1.42 bits per heavy atom. The number of halogens is 1. The second-order valence-corrected chi connectivity index (χ2v) is 3.38. The van der Waals surface area contributed by atoms with Crippen LogP contribution in [0.1, 0.15) is 0 Å². The van der Waals surface area contributed by atoms with Crippen molar-refractivity contribution >= 4 is 22.9 Å². The van der Waals surface area contributed by atoms with E-state index < -0.39 is 0 Å². The molecule has 0 aliphatic rings. The van der Waals surface area contributed by atoms with Crippen LogP contribution >= 0.6 is 22.9 Å². The molecule has 3 nitrogen and oxygen atoms in total. The molecule has 0 fully saturated rings. The molecule has 0 spiro atoms. The van der Waals surface area contributed by atoms with Gasteiger partial charge in [0, 0.05) is 0 Å². The number of aromatic nitrogens is 3. The van der Waals surface area contributed by atoms with Gasteiger partial charge in [-0.25, -0.2) is 4.98 Å². The molecule has 0 bridgehead atoms. The lowest BCUT2D eigenvalue weighted by Crippen LogP contribution is -1.88. The van der Waals surface area contributed by atoms with Gasteiger partial charge in [0.2, 0.25) is 0 Å². The summed E-state index contributed by atoms with van der Waals surface area (Å²) in [6.45, 7) is 0. The van der Waals surface area contributed by atoms with E-state index in [4.69, 9.17) is 11.6 Å². The van der Waals surface area contributed by atoms with Crippen molar-refractivity contribution in [2.24, 2.45) is 0 Å². The number of nitrogens with zero attached hydrogens (tertiary/aromatic N) is 3. The van der Waals surface area contributed by atoms with Crippen LogP contribution in [0.2, 0.25) is 5.15 Å². The third-order valence-corrected chi connectivity index (χ3v) is 2.48. The van der Waals surface area contributed by atoms with Gasteiger partial charge in [-0.1, -0.05) is 17.7 Å². The highest BCUT2D eigenvalue weighted by Gasteiger charge is 2.06. The standard InChI is InChI=1S/C7H4ClN3S/c8-7-6(11-10-4-9-7)5-2-1-3-12-5/h1-4H. The van der Waals surface area contributed by atoms with Gasteiger partial charge in [-0.05, 0) is 11.4 Å². The highest BCUT2D eigenvalue weighted by molar-refractivity contribution is 7.13. The molecule has 2 heterocycles. The molecule has 0 saturated heterocycles. The van der Waals surface area contributed by atoms with Gasteiger partial charge in [-0.15, -0.1) is 21.5 Å². The van der Waals surface area contributed by atoms with Crippen molar-refractivity contribution in [2.45, 2.75) is 0 Å². The average Bonchev–Trinajstić information content (AvgIpc) is 2.57. The summed E-state index contributed by atoms with van der Waals surface area (Å²) < 4.78 is 0. The summed E-state index contributed by atoms with van der Waals surface area (Å²) in [7, 11) is 0. The Bertz CT molecular complexity index is 374. The molecule has 12 heavy (non-hydrogen) atoms. The van der Waals surface area contributed by atoms with Gasteiger partial charge in [0.25, 0.3) is 0 Å². The monoisotopic (exact) mass is 197 g/mol. The normalized spacial score (nSPS) is 10.1. The molecule has 0 unspecified atom stereocenters. The van der Waals surface area contributed by atoms with E-state index in [1.807, 2.05) is 17.5 Å². The molecule has 0 aliphatic carbocycles. The summed E-state index contributed by atoms with van der Waals surface area (Å²) in [5.74, 6) is 0. The van der Waals surface area contributed by atoms with Crippen molar-refractivity contribution in [3.63, 3.8) is 0 Å². The zero-order chi connectivity index (χ0) is 8.39. The van der Waals surface area contributed by atoms with Crippen LogP contribution in [0.15, 0.2) is 23.8 Å². The van der Waals surface area contributed by atoms with Gasteiger partial charge in [-0.2, -0.15) is 0 Å². The maximum absolute atomic E-state index is 5.81. The van der Waals surface area contributed by atoms with E-state index >= 15 is 0 Å². The van der Waals surface area contributed by atoms with E-state index in [9.17, 15) is 0 Å². The molecule has 0 radical (unpaired) electrons. The quantitative estimate of drug-likeness (QED) is 0.704. The molecule has 0 amide bonds. The van der Waals surface area contributed by atoms with Crippen LogP contribution in [-0.4, -0.2) is 15.2 Å². The predicted molar refractivity (Wildman–Crippen MR) is 48.2 cm³/mol. The summed E-state index contributed by atoms with van der Waals surface area (Å²) in [4.78, 5) is 4.82. The first-order chi connectivity index (χ1) is 5.88. The molecular weight excluding hydrogens is 194 g/mol. The summed E-state index contributed by atoms with van der Waals surface area (Å²) in [5.41, 5.74) is 0.647. The van der Waals surface area contributed by atoms with Crippen LogP contribution in [0.25, 0.3) is 10.6 Å². The summed E-state index contributed by atoms with van der Waals surface area (Å²) in [5, 5.41) is 9.90. The number of thiophene rings is 1. The Morgan fingerprint density at radius 2 is 2.33 bits per heavy atom. The first-order valence-electron chi connectivity index (χ1n) is 3.25. The zero-order valence-electron chi connectivity index (χ0n) is 5.94. The maximum Gasteiger partial charge on any atom is 0.159 e. The van der Waals surface area contributed by atoms with Gasteiger partial charge in [0.1, 0.15) is 12.0 Å². The Labute approximate surface area is 78.1 Å². The fourth-order valence-corrected chi connectivity index (χ4v) is 1.78. The fraction of sp³-hybridized carbons (Fsp3) is 0. The van der Waals surface area contributed by atoms with Gasteiger partial charge in [0.05, 0.1) is 4.88 Å². The number of hydrogen-bond acceptors (Lipinski definition) is 4. The van der Waals surface area contributed by atoms with E-state index in [1.165, 1.54) is 6.33 Å². The molecule has 60 valence electrons. The smallest absolute Gasteiger partial charge is 0.159 e. The van der Waals surface area contributed by atoms with Gasteiger partial charge in [-0.3, -0.25) is 0 Å². The highest BCUT2D eigenvalue weighted by Crippen LogP contribution is 2.26. The first kappa shape index (κ1) is 7.64. The third kappa shape index (κ3) is 1.31. The van der Waals surface area contributed by atoms with Crippen LogP contribution in [0.3, 0.4) is 0 Å². The highest BCUT2D eigenvalue weighted by atomic mass is 35.5. The largest absolute Gasteiger partial charge is 0.220 e. The summed E-state index contributed by atoms with van der Waals surface area (Å²) >= 11 is 7.37. The molecule has 2 rings (SSSR count). The van der Waals surface area contributed by atoms with Crippen molar-refractivity contribution in [1.29, 1.82) is 0 Å². The molecule has 0 N–H and O–H groups in total. The topological polar surface area (TPSA) is 38.7 Å². The summed E-state index contributed by atoms with van der Waals surface area (Å²) in [6.07, 6.45) is 1.33. The molecule has 2 aromatic heterocycles. The molecule has 5 heteroatoms. The fourth-order valence-electron chi connectivity index (χ4n) is 0.827. The lowest BCUT2D eigenvalue weighted by molar-refractivity contribution is 0.979. The Morgan fingerprint density at radius 3 is 3.00 bits per heavy atom. The Hall–Kier alpha value is -1.00. The second-order valence-electron chi connectivity index (χ2n) is 2.08. The Balaban J connectivity index is 2.55. The van der Waals surface area contributed by atoms with Crippen LogP contribution in [0.4, 0.5) is 0 Å². The lowest BCUT2D eigenvalue weighted by Gasteiger charge is -1.94. The van der Waals surface area contributed by atoms with E-state index in [0.29, 0.717) is 10.8 Å². The van der Waals surface area contributed by atoms with E-state index in [2.05, 4.69) is 15.2 Å². The van der Waals surface area contributed by atoms with E-state index in [1.54, 1.807) is 11.3 Å². The van der Waals surface area contributed by atoms with Gasteiger partial charge >= 0.3 is 0 Å². The molecular formula is C7H4ClN3S. The molecule has 2 aromatic rings. The number of hydrogen-bond donors (Lipinski definition) is 0. The first-order valence-corrected chi connectivity index (χ1v) is 4.51. The lowest BCUT2D eigenvalue weighted by atomic mass is 10.4. The van der Waals surface area contributed by atoms with Crippen molar-refractivity contribution in [3.8, 4) is 10.6 Å². The SMILES string of the molecule is Clc1ncnnc1-c1cccs1. The average molecular weight is 198 g/mol. The minimum atomic E-state index is 0.396. The van der Waals surface area contributed by atoms with Crippen LogP contribution in [0.5, 0.6) is 0 Å². The van der Waals surface area contributed by atoms with Crippen molar-refractivity contribution in [1.82, 2.24) is 15.2 Å². The number of rotatable bonds is 1. The molecule has 0 atom stereocenters. The molecule has 0 saturated carbocycles. The van der Waals surface area contributed by atoms with Gasteiger partial charge < -0.3 is 0 Å². The van der Waals surface area contributed by atoms with E-state index in [0.717, 1.165) is 4.88 Å². The molecule has 0 aliphatic heterocycles. The second kappa shape index (κ2) is 3.16. The van der Waals surface area contributed by atoms with Crippen molar-refractivity contribution < 1.29 is 0 Å². The van der Waals surface area contributed by atoms with E-state index in [-0.39, 0.29) is 0 Å². The zero-order valence-corrected chi connectivity index (χ0v) is 7.51. The maximum atomic E-state index is 5.81. The van der Waals surface area contributed by atoms with Crippen LogP contribution < -0.4 is 0 Å². The van der Waals surface area contributed by atoms with Crippen LogP contribution in [0, 0.1) is 0 Å². The summed E-state index contributed by atoms with van der Waals surface area (Å²) in [6, 6.07) is 3.87. The van der Waals surface area contributed by atoms with Gasteiger partial charge in [0.15, 0.2) is 5.15 Å². The van der Waals surface area contributed by atoms with Crippen molar-refractivity contribution in [2.75, 3.05) is 0 Å². The third-order valence-electron chi connectivity index (χ3n) is 1.33. The minimum Gasteiger partial charge on any atom is -0.220 e. The van der Waals surface area contributed by atoms with Crippen LogP contribution in [-0.2, 0) is 0 Å². The Kier molecular flexibility index (Phi) is 2.01. The van der Waals surface area contributed by atoms with Crippen molar-refractivity contribution in [3.05, 3.63) is 29.0 Å². The predicted octanol–water partition coefficient (Wildman–Crippen LogP) is 2.25. The minimum absolute atomic E-state index is 0.396. The molecule has 0 aromatic carbocycles.